The Morgan fingerprint density at radius 1 is 0.333 bits per heavy atom. The molecular formula is C44H30O. The molecule has 0 unspecified atom stereocenters. The van der Waals surface area contributed by atoms with Crippen LogP contribution in [0.2, 0.25) is 0 Å². The van der Waals surface area contributed by atoms with Gasteiger partial charge in [0.15, 0.2) is 0 Å². The Labute approximate surface area is 262 Å². The van der Waals surface area contributed by atoms with Gasteiger partial charge in [0.2, 0.25) is 0 Å². The normalized spacial score (nSPS) is 11.8. The van der Waals surface area contributed by atoms with E-state index < -0.39 is 0 Å². The molecule has 0 aliphatic heterocycles. The molecule has 0 saturated heterocycles. The van der Waals surface area contributed by atoms with Gasteiger partial charge in [-0.15, -0.1) is 0 Å². The predicted molar refractivity (Wildman–Crippen MR) is 192 cm³/mol. The second-order valence-corrected chi connectivity index (χ2v) is 12.2. The van der Waals surface area contributed by atoms with E-state index in [1.807, 2.05) is 12.1 Å². The van der Waals surface area contributed by atoms with Crippen molar-refractivity contribution in [3.63, 3.8) is 0 Å². The molecule has 0 fully saturated rings. The Bertz CT molecular complexity index is 2600. The highest BCUT2D eigenvalue weighted by atomic mass is 16.3. The third-order valence-electron chi connectivity index (χ3n) is 9.37. The minimum absolute atomic E-state index is 0.919. The van der Waals surface area contributed by atoms with Gasteiger partial charge in [-0.1, -0.05) is 139 Å². The molecule has 9 rings (SSSR count). The molecule has 0 saturated carbocycles. The van der Waals surface area contributed by atoms with Crippen LogP contribution in [0.4, 0.5) is 0 Å². The van der Waals surface area contributed by atoms with Crippen molar-refractivity contribution in [3.05, 3.63) is 157 Å². The van der Waals surface area contributed by atoms with Crippen molar-refractivity contribution in [1.82, 2.24) is 0 Å². The summed E-state index contributed by atoms with van der Waals surface area (Å²) in [5.74, 6) is 0. The molecule has 8 aromatic carbocycles. The molecule has 0 spiro atoms. The first-order valence-electron chi connectivity index (χ1n) is 15.6. The minimum Gasteiger partial charge on any atom is -0.456 e. The Balaban J connectivity index is 1.36. The van der Waals surface area contributed by atoms with E-state index in [0.717, 1.165) is 21.9 Å². The molecule has 9 aromatic rings. The maximum Gasteiger partial charge on any atom is 0.135 e. The van der Waals surface area contributed by atoms with E-state index in [1.165, 1.54) is 76.8 Å². The van der Waals surface area contributed by atoms with Gasteiger partial charge >= 0.3 is 0 Å². The number of benzene rings is 8. The molecule has 1 heteroatoms. The van der Waals surface area contributed by atoms with Gasteiger partial charge in [0.25, 0.3) is 0 Å². The number of hydrogen-bond donors (Lipinski definition) is 0. The van der Waals surface area contributed by atoms with Crippen molar-refractivity contribution in [2.24, 2.45) is 0 Å². The topological polar surface area (TPSA) is 13.1 Å². The van der Waals surface area contributed by atoms with Gasteiger partial charge < -0.3 is 4.42 Å². The monoisotopic (exact) mass is 574 g/mol. The molecule has 212 valence electrons. The Morgan fingerprint density at radius 2 is 0.911 bits per heavy atom. The summed E-state index contributed by atoms with van der Waals surface area (Å²) in [4.78, 5) is 0. The van der Waals surface area contributed by atoms with Crippen LogP contribution in [0.25, 0.3) is 87.6 Å². The maximum atomic E-state index is 6.15. The molecule has 0 N–H and O–H groups in total. The van der Waals surface area contributed by atoms with Crippen LogP contribution >= 0.6 is 0 Å². The first-order chi connectivity index (χ1) is 22.1. The summed E-state index contributed by atoms with van der Waals surface area (Å²) in [6, 6.07) is 53.1. The van der Waals surface area contributed by atoms with E-state index in [1.54, 1.807) is 0 Å². The Kier molecular flexibility index (Phi) is 5.70. The van der Waals surface area contributed by atoms with Gasteiger partial charge in [-0.2, -0.15) is 0 Å². The molecule has 1 aromatic heterocycles. The summed E-state index contributed by atoms with van der Waals surface area (Å²) in [5, 5.41) is 9.94. The second kappa shape index (κ2) is 9.94. The Hall–Kier alpha value is -5.66. The van der Waals surface area contributed by atoms with Gasteiger partial charge in [0.05, 0.1) is 0 Å². The van der Waals surface area contributed by atoms with Gasteiger partial charge in [-0.05, 0) is 97.7 Å². The summed E-state index contributed by atoms with van der Waals surface area (Å²) in [7, 11) is 0. The summed E-state index contributed by atoms with van der Waals surface area (Å²) in [6.07, 6.45) is 0. The average Bonchev–Trinajstić information content (AvgIpc) is 3.45. The number of hydrogen-bond acceptors (Lipinski definition) is 1. The van der Waals surface area contributed by atoms with Crippen LogP contribution in [0.5, 0.6) is 0 Å². The van der Waals surface area contributed by atoms with Gasteiger partial charge in [-0.3, -0.25) is 0 Å². The molecule has 45 heavy (non-hydrogen) atoms. The number of fused-ring (bicyclic) bond motifs is 6. The van der Waals surface area contributed by atoms with Crippen molar-refractivity contribution in [3.8, 4) is 33.4 Å². The fourth-order valence-electron chi connectivity index (χ4n) is 7.32. The van der Waals surface area contributed by atoms with Gasteiger partial charge in [-0.25, -0.2) is 0 Å². The standard InChI is InChI=1S/C44H30O/c1-27-17-20-37-39(24-27)43(29-10-4-3-5-11-29)36-19-16-28(2)25-40(36)44(37)35-22-21-31(32-12-6-7-13-33(32)35)30-18-23-42-38(26-30)34-14-8-9-15-41(34)45-42/h3-26H,1-2H3. The Morgan fingerprint density at radius 3 is 1.67 bits per heavy atom. The van der Waals surface area contributed by atoms with E-state index in [4.69, 9.17) is 4.42 Å². The number of aryl methyl sites for hydroxylation is 2. The van der Waals surface area contributed by atoms with Crippen LogP contribution in [0.3, 0.4) is 0 Å². The van der Waals surface area contributed by atoms with Gasteiger partial charge in [0, 0.05) is 10.8 Å². The molecule has 1 heterocycles. The van der Waals surface area contributed by atoms with Crippen LogP contribution in [0, 0.1) is 13.8 Å². The minimum atomic E-state index is 0.919. The van der Waals surface area contributed by atoms with Crippen molar-refractivity contribution in [2.45, 2.75) is 13.8 Å². The van der Waals surface area contributed by atoms with E-state index in [0.29, 0.717) is 0 Å². The smallest absolute Gasteiger partial charge is 0.135 e. The molecule has 0 aliphatic carbocycles. The van der Waals surface area contributed by atoms with E-state index in [9.17, 15) is 0 Å². The lowest BCUT2D eigenvalue weighted by Gasteiger charge is -2.20. The number of para-hydroxylation sites is 1. The first-order valence-corrected chi connectivity index (χ1v) is 15.6. The summed E-state index contributed by atoms with van der Waals surface area (Å²) in [6.45, 7) is 4.39. The third kappa shape index (κ3) is 4.01. The summed E-state index contributed by atoms with van der Waals surface area (Å²) in [5.41, 5.74) is 11.9. The lowest BCUT2D eigenvalue weighted by Crippen LogP contribution is -1.93. The zero-order valence-corrected chi connectivity index (χ0v) is 25.3. The molecule has 0 bridgehead atoms. The van der Waals surface area contributed by atoms with E-state index in [-0.39, 0.29) is 0 Å². The quantitative estimate of drug-likeness (QED) is 0.191. The van der Waals surface area contributed by atoms with Crippen LogP contribution in [-0.4, -0.2) is 0 Å². The third-order valence-corrected chi connectivity index (χ3v) is 9.37. The van der Waals surface area contributed by atoms with E-state index in [2.05, 4.69) is 147 Å². The van der Waals surface area contributed by atoms with Crippen molar-refractivity contribution in [2.75, 3.05) is 0 Å². The van der Waals surface area contributed by atoms with Crippen LogP contribution in [0.15, 0.2) is 150 Å². The van der Waals surface area contributed by atoms with Crippen molar-refractivity contribution < 1.29 is 4.42 Å². The zero-order valence-electron chi connectivity index (χ0n) is 25.3. The van der Waals surface area contributed by atoms with Crippen LogP contribution in [0.1, 0.15) is 11.1 Å². The predicted octanol–water partition coefficient (Wildman–Crippen LogP) is 12.7. The molecular weight excluding hydrogens is 544 g/mol. The zero-order chi connectivity index (χ0) is 30.1. The van der Waals surface area contributed by atoms with Crippen LogP contribution < -0.4 is 0 Å². The maximum absolute atomic E-state index is 6.15. The van der Waals surface area contributed by atoms with Crippen molar-refractivity contribution in [1.29, 1.82) is 0 Å². The molecule has 0 atom stereocenters. The summed E-state index contributed by atoms with van der Waals surface area (Å²) < 4.78 is 6.15. The number of rotatable bonds is 3. The largest absolute Gasteiger partial charge is 0.456 e. The fraction of sp³-hybridized carbons (Fsp3) is 0.0455. The molecule has 1 nitrogen and oxygen atoms in total. The SMILES string of the molecule is Cc1ccc2c(-c3ccc(-c4ccc5oc6ccccc6c5c4)c4ccccc34)c3cc(C)ccc3c(-c3ccccc3)c2c1. The second-order valence-electron chi connectivity index (χ2n) is 12.2. The van der Waals surface area contributed by atoms with E-state index >= 15 is 0 Å². The lowest BCUT2D eigenvalue weighted by molar-refractivity contribution is 0.669. The first kappa shape index (κ1) is 25.8. The lowest BCUT2D eigenvalue weighted by atomic mass is 9.83. The highest BCUT2D eigenvalue weighted by Gasteiger charge is 2.20. The highest BCUT2D eigenvalue weighted by molar-refractivity contribution is 6.24. The number of furan rings is 1. The highest BCUT2D eigenvalue weighted by Crippen LogP contribution is 2.47. The van der Waals surface area contributed by atoms with Gasteiger partial charge in [0.1, 0.15) is 11.2 Å². The van der Waals surface area contributed by atoms with Crippen molar-refractivity contribution >= 4 is 54.3 Å². The average molecular weight is 575 g/mol. The summed E-state index contributed by atoms with van der Waals surface area (Å²) >= 11 is 0. The molecule has 0 aliphatic rings. The molecule has 0 radical (unpaired) electrons. The fourth-order valence-corrected chi connectivity index (χ4v) is 7.32. The molecule has 0 amide bonds. The van der Waals surface area contributed by atoms with Crippen LogP contribution in [-0.2, 0) is 0 Å².